The van der Waals surface area contributed by atoms with Gasteiger partial charge in [-0.05, 0) is 104 Å². The summed E-state index contributed by atoms with van der Waals surface area (Å²) in [7, 11) is 3.04. The highest BCUT2D eigenvalue weighted by Gasteiger charge is 2.45. The Hall–Kier alpha value is -3.07. The number of rotatable bonds is 2. The predicted molar refractivity (Wildman–Crippen MR) is 173 cm³/mol. The zero-order valence-electron chi connectivity index (χ0n) is 26.4. The van der Waals surface area contributed by atoms with Crippen molar-refractivity contribution in [3.05, 3.63) is 70.3 Å². The molecule has 0 radical (unpaired) electrons. The monoisotopic (exact) mass is 636 g/mol. The lowest BCUT2D eigenvalue weighted by Gasteiger charge is -2.44. The Morgan fingerprint density at radius 1 is 1.04 bits per heavy atom. The maximum atomic E-state index is 13.8. The van der Waals surface area contributed by atoms with Gasteiger partial charge in [-0.2, -0.15) is 0 Å². The fraction of sp³-hybridized carbons (Fsp3) is 0.556. The van der Waals surface area contributed by atoms with Gasteiger partial charge in [-0.3, -0.25) is 4.79 Å². The van der Waals surface area contributed by atoms with E-state index in [1.54, 1.807) is 13.2 Å². The highest BCUT2D eigenvalue weighted by molar-refractivity contribution is 6.30. The molecule has 1 N–H and O–H groups in total. The van der Waals surface area contributed by atoms with Crippen molar-refractivity contribution in [3.8, 4) is 5.75 Å². The largest absolute Gasteiger partial charge is 0.487 e. The van der Waals surface area contributed by atoms with Gasteiger partial charge in [0.1, 0.15) is 12.4 Å². The first-order chi connectivity index (χ1) is 21.8. The number of ether oxygens (including phenoxy) is 3. The van der Waals surface area contributed by atoms with Gasteiger partial charge in [-0.15, -0.1) is 0 Å². The number of hydrogen-bond donors (Lipinski definition) is 1. The summed E-state index contributed by atoms with van der Waals surface area (Å²) in [5.41, 5.74) is 1.28. The Labute approximate surface area is 271 Å². The molecule has 9 heteroatoms. The number of hydrogen-bond acceptors (Lipinski definition) is 7. The number of esters is 1. The van der Waals surface area contributed by atoms with Gasteiger partial charge in [-0.25, -0.2) is 4.79 Å². The number of halogens is 1. The van der Waals surface area contributed by atoms with Crippen LogP contribution in [0.5, 0.6) is 5.75 Å². The third kappa shape index (κ3) is 6.60. The van der Waals surface area contributed by atoms with Crippen molar-refractivity contribution in [2.24, 2.45) is 11.8 Å². The van der Waals surface area contributed by atoms with E-state index in [2.05, 4.69) is 17.1 Å². The van der Waals surface area contributed by atoms with E-state index < -0.39 is 11.6 Å². The van der Waals surface area contributed by atoms with Gasteiger partial charge >= 0.3 is 5.97 Å². The van der Waals surface area contributed by atoms with Crippen molar-refractivity contribution in [2.45, 2.75) is 82.1 Å². The summed E-state index contributed by atoms with van der Waals surface area (Å²) in [6.07, 6.45) is 11.5. The average Bonchev–Trinajstić information content (AvgIpc) is 3.49. The minimum atomic E-state index is -2.14. The summed E-state index contributed by atoms with van der Waals surface area (Å²) in [5, 5.41) is 12.8. The maximum absolute atomic E-state index is 13.8. The van der Waals surface area contributed by atoms with Crippen molar-refractivity contribution >= 4 is 29.2 Å². The molecule has 3 heterocycles. The third-order valence-corrected chi connectivity index (χ3v) is 10.7. The SMILES string of the molecule is COC(=O)[C@]1(O)CC(=O)N2CCC[C@H]2C/C=C/[C@H](OC)[C@@H]2CC[C@H]2CN2CCCCc3cc(Cl)ccc3COc3ccc1cc32. The number of anilines is 1. The van der Waals surface area contributed by atoms with Crippen LogP contribution in [0.1, 0.15) is 68.1 Å². The Kier molecular flexibility index (Phi) is 9.73. The molecule has 0 aromatic heterocycles. The molecule has 2 fully saturated rings. The summed E-state index contributed by atoms with van der Waals surface area (Å²) in [6.45, 7) is 2.54. The first-order valence-corrected chi connectivity index (χ1v) is 16.8. The molecule has 1 aliphatic carbocycles. The van der Waals surface area contributed by atoms with Gasteiger partial charge in [0.05, 0.1) is 25.3 Å². The molecule has 1 saturated heterocycles. The van der Waals surface area contributed by atoms with Crippen LogP contribution in [-0.2, 0) is 37.7 Å². The molecule has 6 rings (SSSR count). The van der Waals surface area contributed by atoms with Crippen LogP contribution in [0.25, 0.3) is 0 Å². The number of benzene rings is 2. The lowest BCUT2D eigenvalue weighted by atomic mass is 9.70. The van der Waals surface area contributed by atoms with Crippen molar-refractivity contribution < 1.29 is 28.9 Å². The topological polar surface area (TPSA) is 88.5 Å². The van der Waals surface area contributed by atoms with Crippen LogP contribution in [0.3, 0.4) is 0 Å². The molecular weight excluding hydrogens is 592 g/mol. The molecule has 1 saturated carbocycles. The Balaban J connectivity index is 1.44. The molecule has 242 valence electrons. The van der Waals surface area contributed by atoms with Gasteiger partial charge in [0.15, 0.2) is 5.60 Å². The van der Waals surface area contributed by atoms with E-state index in [1.165, 1.54) is 12.7 Å². The van der Waals surface area contributed by atoms with Gasteiger partial charge in [0.2, 0.25) is 5.91 Å². The lowest BCUT2D eigenvalue weighted by Crippen LogP contribution is -2.45. The van der Waals surface area contributed by atoms with E-state index in [4.69, 9.17) is 25.8 Å². The minimum Gasteiger partial charge on any atom is -0.487 e. The van der Waals surface area contributed by atoms with Gasteiger partial charge in [0.25, 0.3) is 0 Å². The minimum absolute atomic E-state index is 0.0110. The highest BCUT2D eigenvalue weighted by Crippen LogP contribution is 2.43. The normalized spacial score (nSPS) is 29.6. The molecule has 2 aromatic rings. The number of nitrogens with zero attached hydrogens (tertiary/aromatic N) is 2. The number of aliphatic hydroxyl groups is 1. The number of carbonyl (C=O) groups is 2. The van der Waals surface area contributed by atoms with Crippen LogP contribution in [0, 0.1) is 11.8 Å². The molecular formula is C36H45ClN2O6. The molecule has 1 amide bonds. The Bertz CT molecular complexity index is 1430. The number of amides is 1. The molecule has 0 spiro atoms. The number of aryl methyl sites for hydroxylation is 1. The summed E-state index contributed by atoms with van der Waals surface area (Å²) < 4.78 is 17.7. The van der Waals surface area contributed by atoms with Gasteiger partial charge in [0, 0.05) is 37.8 Å². The number of fused-ring (bicyclic) bond motifs is 4. The van der Waals surface area contributed by atoms with E-state index in [1.807, 2.05) is 35.2 Å². The van der Waals surface area contributed by atoms with Gasteiger partial charge in [-0.1, -0.05) is 35.9 Å². The van der Waals surface area contributed by atoms with Crippen LogP contribution >= 0.6 is 11.6 Å². The van der Waals surface area contributed by atoms with Crippen LogP contribution in [0.4, 0.5) is 5.69 Å². The van der Waals surface area contributed by atoms with Crippen molar-refractivity contribution in [1.82, 2.24) is 4.90 Å². The van der Waals surface area contributed by atoms with E-state index in [0.29, 0.717) is 41.3 Å². The second-order valence-electron chi connectivity index (χ2n) is 13.1. The number of methoxy groups -OCH3 is 2. The average molecular weight is 637 g/mol. The van der Waals surface area contributed by atoms with Crippen LogP contribution in [0.2, 0.25) is 5.02 Å². The fourth-order valence-corrected chi connectivity index (χ4v) is 7.88. The summed E-state index contributed by atoms with van der Waals surface area (Å²) in [4.78, 5) is 31.2. The van der Waals surface area contributed by atoms with E-state index in [0.717, 1.165) is 75.7 Å². The number of carbonyl (C=O) groups excluding carboxylic acids is 2. The second kappa shape index (κ2) is 13.7. The lowest BCUT2D eigenvalue weighted by molar-refractivity contribution is -0.168. The summed E-state index contributed by atoms with van der Waals surface area (Å²) in [5.74, 6) is 0.358. The highest BCUT2D eigenvalue weighted by atomic mass is 35.5. The quantitative estimate of drug-likeness (QED) is 0.329. The Morgan fingerprint density at radius 2 is 1.91 bits per heavy atom. The molecule has 8 nitrogen and oxygen atoms in total. The molecule has 2 bridgehead atoms. The zero-order chi connectivity index (χ0) is 31.6. The van der Waals surface area contributed by atoms with Crippen molar-refractivity contribution in [3.63, 3.8) is 0 Å². The zero-order valence-corrected chi connectivity index (χ0v) is 27.1. The summed E-state index contributed by atoms with van der Waals surface area (Å²) >= 11 is 6.36. The van der Waals surface area contributed by atoms with E-state index >= 15 is 0 Å². The van der Waals surface area contributed by atoms with Crippen LogP contribution in [0.15, 0.2) is 48.6 Å². The van der Waals surface area contributed by atoms with Gasteiger partial charge < -0.3 is 29.1 Å². The van der Waals surface area contributed by atoms with Crippen LogP contribution < -0.4 is 9.64 Å². The van der Waals surface area contributed by atoms with E-state index in [-0.39, 0.29) is 24.5 Å². The fourth-order valence-electron chi connectivity index (χ4n) is 7.69. The molecule has 45 heavy (non-hydrogen) atoms. The molecule has 4 aliphatic rings. The second-order valence-corrected chi connectivity index (χ2v) is 13.5. The first kappa shape index (κ1) is 31.9. The third-order valence-electron chi connectivity index (χ3n) is 10.4. The molecule has 3 aliphatic heterocycles. The predicted octanol–water partition coefficient (Wildman–Crippen LogP) is 5.80. The smallest absolute Gasteiger partial charge is 0.343 e. The van der Waals surface area contributed by atoms with Crippen molar-refractivity contribution in [2.75, 3.05) is 38.8 Å². The standard InChI is InChI=1S/C36H45ClN2O6/c1-43-32-10-5-8-29-9-6-18-39(29)34(40)21-36(42,35(41)44-2)27-13-16-33-31(20-27)38(22-25-12-15-30(25)32)17-4-3-7-24-19-28(37)14-11-26(24)23-45-33/h5,10-11,13-14,16,19-20,25,29-30,32,42H,3-4,6-9,12,15,17-18,21-23H2,1-2H3/b10-5+/t25-,29+,30+,32-,36-/m0/s1. The van der Waals surface area contributed by atoms with Crippen LogP contribution in [-0.4, -0.2) is 67.9 Å². The van der Waals surface area contributed by atoms with E-state index in [9.17, 15) is 14.7 Å². The molecule has 2 aromatic carbocycles. The molecule has 0 unspecified atom stereocenters. The van der Waals surface area contributed by atoms with Crippen molar-refractivity contribution in [1.29, 1.82) is 0 Å². The Morgan fingerprint density at radius 3 is 2.69 bits per heavy atom. The summed E-state index contributed by atoms with van der Waals surface area (Å²) in [6, 6.07) is 11.3. The molecule has 5 atom stereocenters. The first-order valence-electron chi connectivity index (χ1n) is 16.4. The maximum Gasteiger partial charge on any atom is 0.343 e.